The van der Waals surface area contributed by atoms with Crippen LogP contribution in [0.3, 0.4) is 0 Å². The van der Waals surface area contributed by atoms with Crippen LogP contribution in [-0.2, 0) is 11.3 Å². The van der Waals surface area contributed by atoms with Crippen LogP contribution >= 0.6 is 11.8 Å². The zero-order valence-electron chi connectivity index (χ0n) is 13.2. The number of hydrogen-bond acceptors (Lipinski definition) is 3. The lowest BCUT2D eigenvalue weighted by Gasteiger charge is -2.20. The van der Waals surface area contributed by atoms with Crippen molar-refractivity contribution in [2.75, 3.05) is 12.3 Å². The van der Waals surface area contributed by atoms with Crippen molar-refractivity contribution in [1.82, 2.24) is 10.6 Å². The van der Waals surface area contributed by atoms with E-state index in [4.69, 9.17) is 0 Å². The summed E-state index contributed by atoms with van der Waals surface area (Å²) >= 11 is 1.60. The van der Waals surface area contributed by atoms with Crippen LogP contribution in [0.25, 0.3) is 0 Å². The Morgan fingerprint density at radius 3 is 2.48 bits per heavy atom. The summed E-state index contributed by atoms with van der Waals surface area (Å²) in [5.41, 5.74) is 1.40. The van der Waals surface area contributed by atoms with E-state index in [1.807, 2.05) is 0 Å². The van der Waals surface area contributed by atoms with E-state index < -0.39 is 0 Å². The molecular weight excluding hydrogens is 280 g/mol. The van der Waals surface area contributed by atoms with Crippen molar-refractivity contribution < 1.29 is 4.79 Å². The minimum atomic E-state index is 0.132. The van der Waals surface area contributed by atoms with Gasteiger partial charge in [-0.15, -0.1) is 11.8 Å². The molecule has 1 aliphatic carbocycles. The molecule has 2 N–H and O–H groups in total. The summed E-state index contributed by atoms with van der Waals surface area (Å²) in [5, 5.41) is 6.46. The lowest BCUT2D eigenvalue weighted by Crippen LogP contribution is -2.35. The van der Waals surface area contributed by atoms with Crippen LogP contribution < -0.4 is 10.6 Å². The molecular formula is C17H26N2OS. The van der Waals surface area contributed by atoms with Crippen LogP contribution in [0.5, 0.6) is 0 Å². The number of benzene rings is 1. The third-order valence-corrected chi connectivity index (χ3v) is 4.41. The van der Waals surface area contributed by atoms with Crippen LogP contribution in [0, 0.1) is 5.92 Å². The van der Waals surface area contributed by atoms with Gasteiger partial charge in [-0.1, -0.05) is 12.1 Å². The Morgan fingerprint density at radius 2 is 1.90 bits per heavy atom. The molecule has 2 rings (SSSR count). The van der Waals surface area contributed by atoms with Gasteiger partial charge < -0.3 is 10.6 Å². The van der Waals surface area contributed by atoms with Gasteiger partial charge in [-0.2, -0.15) is 0 Å². The number of hydrogen-bond donors (Lipinski definition) is 2. The van der Waals surface area contributed by atoms with E-state index in [-0.39, 0.29) is 11.4 Å². The summed E-state index contributed by atoms with van der Waals surface area (Å²) < 4.78 is 0. The molecule has 0 radical (unpaired) electrons. The summed E-state index contributed by atoms with van der Waals surface area (Å²) in [7, 11) is 0. The summed E-state index contributed by atoms with van der Waals surface area (Å²) in [5.74, 6) is 1.39. The summed E-state index contributed by atoms with van der Waals surface area (Å²) in [6, 6.07) is 8.45. The minimum absolute atomic E-state index is 0.132. The maximum Gasteiger partial charge on any atom is 0.230 e. The predicted molar refractivity (Wildman–Crippen MR) is 89.5 cm³/mol. The largest absolute Gasteiger partial charge is 0.355 e. The monoisotopic (exact) mass is 306 g/mol. The van der Waals surface area contributed by atoms with Crippen LogP contribution in [0.1, 0.15) is 39.2 Å². The lowest BCUT2D eigenvalue weighted by atomic mass is 10.1. The molecule has 0 aliphatic heterocycles. The van der Waals surface area contributed by atoms with Crippen molar-refractivity contribution in [2.45, 2.75) is 50.6 Å². The first kappa shape index (κ1) is 16.4. The highest BCUT2D eigenvalue weighted by Gasteiger charge is 2.21. The van der Waals surface area contributed by atoms with Gasteiger partial charge >= 0.3 is 0 Å². The fourth-order valence-corrected chi connectivity index (χ4v) is 2.58. The highest BCUT2D eigenvalue weighted by Crippen LogP contribution is 2.27. The van der Waals surface area contributed by atoms with E-state index in [0.29, 0.717) is 5.75 Å². The SMILES string of the molecule is CC(C)(C)NCc1ccc(SCC(=O)NCC2CC2)cc1. The molecule has 0 atom stereocenters. The van der Waals surface area contributed by atoms with E-state index in [1.165, 1.54) is 18.4 Å². The Balaban J connectivity index is 1.69. The van der Waals surface area contributed by atoms with Crippen molar-refractivity contribution >= 4 is 17.7 Å². The normalized spacial score (nSPS) is 15.0. The van der Waals surface area contributed by atoms with E-state index in [2.05, 4.69) is 55.7 Å². The first-order valence-electron chi connectivity index (χ1n) is 7.66. The number of carbonyl (C=O) groups is 1. The summed E-state index contributed by atoms with van der Waals surface area (Å²) in [6.45, 7) is 8.22. The van der Waals surface area contributed by atoms with Gasteiger partial charge in [0.05, 0.1) is 5.75 Å². The molecule has 1 amide bonds. The van der Waals surface area contributed by atoms with Crippen molar-refractivity contribution in [3.05, 3.63) is 29.8 Å². The molecule has 0 unspecified atom stereocenters. The maximum atomic E-state index is 11.7. The number of thioether (sulfide) groups is 1. The minimum Gasteiger partial charge on any atom is -0.355 e. The Labute approximate surface area is 132 Å². The average Bonchev–Trinajstić information content (AvgIpc) is 3.25. The third kappa shape index (κ3) is 7.00. The molecule has 0 saturated heterocycles. The molecule has 21 heavy (non-hydrogen) atoms. The quantitative estimate of drug-likeness (QED) is 0.760. The van der Waals surface area contributed by atoms with Gasteiger partial charge in [-0.05, 0) is 57.2 Å². The standard InChI is InChI=1S/C17H26N2OS/c1-17(2,3)19-11-14-6-8-15(9-7-14)21-12-16(20)18-10-13-4-5-13/h6-9,13,19H,4-5,10-12H2,1-3H3,(H,18,20). The van der Waals surface area contributed by atoms with Crippen LogP contribution in [0.2, 0.25) is 0 Å². The van der Waals surface area contributed by atoms with Gasteiger partial charge in [0.15, 0.2) is 0 Å². The predicted octanol–water partition coefficient (Wildman–Crippen LogP) is 3.19. The van der Waals surface area contributed by atoms with Crippen LogP contribution in [0.4, 0.5) is 0 Å². The van der Waals surface area contributed by atoms with Crippen LogP contribution in [-0.4, -0.2) is 23.7 Å². The van der Waals surface area contributed by atoms with E-state index in [1.54, 1.807) is 11.8 Å². The number of carbonyl (C=O) groups excluding carboxylic acids is 1. The molecule has 1 aliphatic rings. The summed E-state index contributed by atoms with van der Waals surface area (Å²) in [6.07, 6.45) is 2.55. The van der Waals surface area contributed by atoms with E-state index in [9.17, 15) is 4.79 Å². The molecule has 116 valence electrons. The topological polar surface area (TPSA) is 41.1 Å². The Morgan fingerprint density at radius 1 is 1.24 bits per heavy atom. The van der Waals surface area contributed by atoms with Crippen molar-refractivity contribution in [3.8, 4) is 0 Å². The molecule has 1 saturated carbocycles. The fourth-order valence-electron chi connectivity index (χ4n) is 1.85. The summed E-state index contributed by atoms with van der Waals surface area (Å²) in [4.78, 5) is 12.8. The first-order valence-corrected chi connectivity index (χ1v) is 8.64. The molecule has 1 aromatic rings. The second-order valence-corrected chi connectivity index (χ2v) is 7.83. The highest BCUT2D eigenvalue weighted by atomic mass is 32.2. The molecule has 4 heteroatoms. The fraction of sp³-hybridized carbons (Fsp3) is 0.588. The number of nitrogens with one attached hydrogen (secondary N) is 2. The zero-order chi connectivity index (χ0) is 15.3. The molecule has 3 nitrogen and oxygen atoms in total. The Kier molecular flexibility index (Phi) is 5.71. The van der Waals surface area contributed by atoms with Gasteiger partial charge in [0.2, 0.25) is 5.91 Å². The first-order chi connectivity index (χ1) is 9.92. The third-order valence-electron chi connectivity index (χ3n) is 3.40. The molecule has 1 aromatic carbocycles. The molecule has 0 aromatic heterocycles. The van der Waals surface area contributed by atoms with Crippen molar-refractivity contribution in [1.29, 1.82) is 0 Å². The second kappa shape index (κ2) is 7.32. The number of amides is 1. The molecule has 0 bridgehead atoms. The van der Waals surface area contributed by atoms with Gasteiger partial charge in [-0.3, -0.25) is 4.79 Å². The Bertz CT molecular complexity index is 461. The maximum absolute atomic E-state index is 11.7. The molecule has 1 fully saturated rings. The second-order valence-electron chi connectivity index (χ2n) is 6.78. The molecule has 0 spiro atoms. The van der Waals surface area contributed by atoms with Crippen molar-refractivity contribution in [3.63, 3.8) is 0 Å². The zero-order valence-corrected chi connectivity index (χ0v) is 14.1. The van der Waals surface area contributed by atoms with Gasteiger partial charge in [0.25, 0.3) is 0 Å². The average molecular weight is 306 g/mol. The van der Waals surface area contributed by atoms with Crippen LogP contribution in [0.15, 0.2) is 29.2 Å². The lowest BCUT2D eigenvalue weighted by molar-refractivity contribution is -0.118. The Hall–Kier alpha value is -1.00. The number of rotatable bonds is 7. The van der Waals surface area contributed by atoms with Gasteiger partial charge in [0.1, 0.15) is 0 Å². The van der Waals surface area contributed by atoms with Gasteiger partial charge in [0, 0.05) is 23.5 Å². The van der Waals surface area contributed by atoms with E-state index >= 15 is 0 Å². The highest BCUT2D eigenvalue weighted by molar-refractivity contribution is 8.00. The van der Waals surface area contributed by atoms with E-state index in [0.717, 1.165) is 23.9 Å². The smallest absolute Gasteiger partial charge is 0.230 e. The van der Waals surface area contributed by atoms with Gasteiger partial charge in [-0.25, -0.2) is 0 Å². The molecule has 0 heterocycles. The van der Waals surface area contributed by atoms with Crippen molar-refractivity contribution in [2.24, 2.45) is 5.92 Å².